The minimum absolute atomic E-state index is 0.148. The highest BCUT2D eigenvalue weighted by molar-refractivity contribution is 8.03. The van der Waals surface area contributed by atoms with E-state index in [1.807, 2.05) is 0 Å². The summed E-state index contributed by atoms with van der Waals surface area (Å²) in [5.41, 5.74) is -0.0778. The second kappa shape index (κ2) is 3.75. The number of hydrogen-bond acceptors (Lipinski definition) is 4. The molecule has 5 heteroatoms. The van der Waals surface area contributed by atoms with Gasteiger partial charge in [0.25, 0.3) is 0 Å². The van der Waals surface area contributed by atoms with Crippen LogP contribution >= 0.6 is 11.8 Å². The first kappa shape index (κ1) is 9.74. The van der Waals surface area contributed by atoms with Crippen LogP contribution in [0.5, 0.6) is 0 Å². The molecule has 0 spiro atoms. The maximum Gasteiger partial charge on any atom is 0.207 e. The average molecular weight is 221 g/mol. The standard InChI is InChI=1S/C10H4FNO2S/c11-6-1-2-8-7(3-6)10(13)9(4-14-8)15-5-12/h1-4H. The zero-order valence-corrected chi connectivity index (χ0v) is 8.18. The molecule has 0 aliphatic heterocycles. The molecule has 0 saturated heterocycles. The van der Waals surface area contributed by atoms with Gasteiger partial charge in [-0.15, -0.1) is 0 Å². The maximum atomic E-state index is 12.9. The fourth-order valence-corrected chi connectivity index (χ4v) is 1.60. The van der Waals surface area contributed by atoms with E-state index >= 15 is 0 Å². The zero-order valence-electron chi connectivity index (χ0n) is 7.36. The highest BCUT2D eigenvalue weighted by Gasteiger charge is 2.07. The monoisotopic (exact) mass is 221 g/mol. The number of nitrogens with zero attached hydrogens (tertiary/aromatic N) is 1. The van der Waals surface area contributed by atoms with Gasteiger partial charge in [0.05, 0.1) is 5.39 Å². The van der Waals surface area contributed by atoms with Crippen LogP contribution in [0.3, 0.4) is 0 Å². The summed E-state index contributed by atoms with van der Waals surface area (Å²) in [6, 6.07) is 3.69. The first-order valence-corrected chi connectivity index (χ1v) is 4.81. The minimum atomic E-state index is -0.506. The van der Waals surface area contributed by atoms with Gasteiger partial charge >= 0.3 is 0 Å². The van der Waals surface area contributed by atoms with Gasteiger partial charge < -0.3 is 4.42 Å². The third kappa shape index (κ3) is 1.72. The van der Waals surface area contributed by atoms with E-state index in [9.17, 15) is 9.18 Å². The van der Waals surface area contributed by atoms with Gasteiger partial charge in [0.1, 0.15) is 28.0 Å². The molecule has 1 aromatic heterocycles. The summed E-state index contributed by atoms with van der Waals surface area (Å²) < 4.78 is 18.0. The summed E-state index contributed by atoms with van der Waals surface area (Å²) in [6.07, 6.45) is 1.20. The van der Waals surface area contributed by atoms with Crippen molar-refractivity contribution in [3.63, 3.8) is 0 Å². The number of halogens is 1. The molecule has 0 unspecified atom stereocenters. The largest absolute Gasteiger partial charge is 0.463 e. The van der Waals surface area contributed by atoms with Crippen molar-refractivity contribution in [1.82, 2.24) is 0 Å². The van der Waals surface area contributed by atoms with Crippen LogP contribution in [0.1, 0.15) is 0 Å². The number of benzene rings is 1. The van der Waals surface area contributed by atoms with Crippen LogP contribution in [0.15, 0.2) is 38.6 Å². The number of nitriles is 1. The Kier molecular flexibility index (Phi) is 2.44. The second-order valence-corrected chi connectivity index (χ2v) is 3.59. The molecule has 0 bridgehead atoms. The summed E-state index contributed by atoms with van der Waals surface area (Å²) in [4.78, 5) is 11.8. The Balaban J connectivity index is 2.78. The molecular formula is C10H4FNO2S. The van der Waals surface area contributed by atoms with E-state index < -0.39 is 5.82 Å². The molecule has 3 nitrogen and oxygen atoms in total. The Labute approximate surface area is 88.1 Å². The van der Waals surface area contributed by atoms with E-state index in [2.05, 4.69) is 0 Å². The lowest BCUT2D eigenvalue weighted by Gasteiger charge is -1.97. The van der Waals surface area contributed by atoms with Gasteiger partial charge in [0.2, 0.25) is 5.43 Å². The normalized spacial score (nSPS) is 10.1. The molecule has 2 rings (SSSR count). The Bertz CT molecular complexity index is 615. The minimum Gasteiger partial charge on any atom is -0.463 e. The van der Waals surface area contributed by atoms with Crippen molar-refractivity contribution < 1.29 is 8.81 Å². The number of thioether (sulfide) groups is 1. The van der Waals surface area contributed by atoms with Crippen molar-refractivity contribution in [2.75, 3.05) is 0 Å². The first-order valence-electron chi connectivity index (χ1n) is 3.99. The van der Waals surface area contributed by atoms with Crippen LogP contribution in [-0.2, 0) is 0 Å². The fraction of sp³-hybridized carbons (Fsp3) is 0. The van der Waals surface area contributed by atoms with E-state index in [1.165, 1.54) is 18.4 Å². The quantitative estimate of drug-likeness (QED) is 0.548. The molecule has 74 valence electrons. The molecule has 0 radical (unpaired) electrons. The van der Waals surface area contributed by atoms with E-state index in [0.29, 0.717) is 17.3 Å². The topological polar surface area (TPSA) is 54.0 Å². The van der Waals surface area contributed by atoms with Gasteiger partial charge in [0, 0.05) is 0 Å². The highest BCUT2D eigenvalue weighted by Crippen LogP contribution is 2.18. The van der Waals surface area contributed by atoms with Gasteiger partial charge in [-0.25, -0.2) is 4.39 Å². The van der Waals surface area contributed by atoms with Crippen molar-refractivity contribution in [2.45, 2.75) is 4.90 Å². The van der Waals surface area contributed by atoms with E-state index in [1.54, 1.807) is 5.40 Å². The van der Waals surface area contributed by atoms with E-state index in [0.717, 1.165) is 6.07 Å². The van der Waals surface area contributed by atoms with Crippen LogP contribution in [0.25, 0.3) is 11.0 Å². The SMILES string of the molecule is N#CSc1coc2ccc(F)cc2c1=O. The zero-order chi connectivity index (χ0) is 10.8. The summed E-state index contributed by atoms with van der Waals surface area (Å²) in [5, 5.41) is 10.3. The van der Waals surface area contributed by atoms with Crippen molar-refractivity contribution >= 4 is 22.7 Å². The summed E-state index contributed by atoms with van der Waals surface area (Å²) in [6.45, 7) is 0. The predicted molar refractivity (Wildman–Crippen MR) is 53.9 cm³/mol. The second-order valence-electron chi connectivity index (χ2n) is 2.76. The van der Waals surface area contributed by atoms with Crippen molar-refractivity contribution in [3.8, 4) is 5.40 Å². The molecule has 0 aliphatic carbocycles. The lowest BCUT2D eigenvalue weighted by molar-refractivity contribution is 0.583. The van der Waals surface area contributed by atoms with Crippen LogP contribution in [0, 0.1) is 16.5 Å². The maximum absolute atomic E-state index is 12.9. The molecule has 0 amide bonds. The Hall–Kier alpha value is -1.80. The highest BCUT2D eigenvalue weighted by atomic mass is 32.2. The summed E-state index contributed by atoms with van der Waals surface area (Å²) in [7, 11) is 0. The lowest BCUT2D eigenvalue weighted by atomic mass is 10.2. The molecule has 0 N–H and O–H groups in total. The number of rotatable bonds is 1. The predicted octanol–water partition coefficient (Wildman–Crippen LogP) is 2.51. The Morgan fingerprint density at radius 2 is 2.27 bits per heavy atom. The van der Waals surface area contributed by atoms with Crippen LogP contribution in [0.4, 0.5) is 4.39 Å². The molecule has 0 atom stereocenters. The Morgan fingerprint density at radius 1 is 1.47 bits per heavy atom. The Morgan fingerprint density at radius 3 is 3.00 bits per heavy atom. The third-order valence-corrected chi connectivity index (χ3v) is 2.45. The molecular weight excluding hydrogens is 217 g/mol. The van der Waals surface area contributed by atoms with Crippen molar-refractivity contribution in [3.05, 3.63) is 40.5 Å². The molecule has 2 aromatic rings. The molecule has 1 heterocycles. The first-order chi connectivity index (χ1) is 7.22. The van der Waals surface area contributed by atoms with Gasteiger partial charge in [-0.1, -0.05) is 0 Å². The van der Waals surface area contributed by atoms with Crippen molar-refractivity contribution in [2.24, 2.45) is 0 Å². The van der Waals surface area contributed by atoms with E-state index in [4.69, 9.17) is 9.68 Å². The molecule has 1 aromatic carbocycles. The molecule has 0 fully saturated rings. The number of hydrogen-bond donors (Lipinski definition) is 0. The van der Waals surface area contributed by atoms with Crippen LogP contribution in [0.2, 0.25) is 0 Å². The number of fused-ring (bicyclic) bond motifs is 1. The average Bonchev–Trinajstić information content (AvgIpc) is 2.23. The van der Waals surface area contributed by atoms with Gasteiger partial charge in [0.15, 0.2) is 0 Å². The molecule has 0 aliphatic rings. The lowest BCUT2D eigenvalue weighted by Crippen LogP contribution is -2.03. The van der Waals surface area contributed by atoms with Crippen LogP contribution in [-0.4, -0.2) is 0 Å². The van der Waals surface area contributed by atoms with Gasteiger partial charge in [-0.3, -0.25) is 4.79 Å². The van der Waals surface area contributed by atoms with Crippen molar-refractivity contribution in [1.29, 1.82) is 5.26 Å². The van der Waals surface area contributed by atoms with Crippen LogP contribution < -0.4 is 5.43 Å². The smallest absolute Gasteiger partial charge is 0.207 e. The fourth-order valence-electron chi connectivity index (χ4n) is 1.21. The van der Waals surface area contributed by atoms with Gasteiger partial charge in [-0.2, -0.15) is 5.26 Å². The van der Waals surface area contributed by atoms with E-state index in [-0.39, 0.29) is 15.7 Å². The molecule has 0 saturated carbocycles. The third-order valence-electron chi connectivity index (χ3n) is 1.86. The molecule has 15 heavy (non-hydrogen) atoms. The summed E-state index contributed by atoms with van der Waals surface area (Å²) >= 11 is 0.699. The summed E-state index contributed by atoms with van der Waals surface area (Å²) in [5.74, 6) is -0.506. The number of thiocyanates is 1. The van der Waals surface area contributed by atoms with Gasteiger partial charge in [-0.05, 0) is 30.0 Å².